The molecule has 0 unspecified atom stereocenters. The van der Waals surface area contributed by atoms with Crippen LogP contribution >= 0.6 is 23.2 Å². The second-order valence-electron chi connectivity index (χ2n) is 5.05. The Labute approximate surface area is 130 Å². The summed E-state index contributed by atoms with van der Waals surface area (Å²) < 4.78 is 27.3. The van der Waals surface area contributed by atoms with Gasteiger partial charge in [0.2, 0.25) is 10.0 Å². The van der Waals surface area contributed by atoms with Crippen LogP contribution in [0, 0.1) is 0 Å². The molecule has 0 spiro atoms. The highest BCUT2D eigenvalue weighted by atomic mass is 35.5. The summed E-state index contributed by atoms with van der Waals surface area (Å²) in [6.45, 7) is 2.34. The molecule has 112 valence electrons. The molecule has 0 radical (unpaired) electrons. The number of nitrogens with zero attached hydrogens (tertiary/aromatic N) is 1. The number of hydrogen-bond acceptors (Lipinski definition) is 2. The molecule has 0 bridgehead atoms. The molecule has 0 heterocycles. The van der Waals surface area contributed by atoms with Gasteiger partial charge in [0, 0.05) is 18.5 Å². The van der Waals surface area contributed by atoms with Gasteiger partial charge in [0.15, 0.2) is 0 Å². The highest BCUT2D eigenvalue weighted by molar-refractivity contribution is 7.89. The van der Waals surface area contributed by atoms with Gasteiger partial charge in [0.05, 0.1) is 5.02 Å². The molecule has 6 heteroatoms. The topological polar surface area (TPSA) is 37.4 Å². The van der Waals surface area contributed by atoms with Crippen molar-refractivity contribution in [2.75, 3.05) is 6.54 Å². The minimum absolute atomic E-state index is 0.0979. The summed E-state index contributed by atoms with van der Waals surface area (Å²) in [5.74, 6) is 0.273. The molecule has 1 fully saturated rings. The summed E-state index contributed by atoms with van der Waals surface area (Å²) in [5, 5.41) is 0.260. The van der Waals surface area contributed by atoms with Crippen molar-refractivity contribution in [3.63, 3.8) is 0 Å². The summed E-state index contributed by atoms with van der Waals surface area (Å²) >= 11 is 11.9. The Hall–Kier alpha value is -0.290. The number of hydrogen-bond donors (Lipinski definition) is 0. The van der Waals surface area contributed by atoms with Crippen LogP contribution in [0.25, 0.3) is 0 Å². The minimum atomic E-state index is -3.56. The largest absolute Gasteiger partial charge is 0.244 e. The maximum Gasteiger partial charge on any atom is 0.244 e. The summed E-state index contributed by atoms with van der Waals surface area (Å²) in [4.78, 5) is 0.172. The van der Waals surface area contributed by atoms with Crippen molar-refractivity contribution in [3.8, 4) is 0 Å². The van der Waals surface area contributed by atoms with E-state index in [2.05, 4.69) is 0 Å². The first-order valence-corrected chi connectivity index (χ1v) is 9.22. The van der Waals surface area contributed by atoms with E-state index in [0.29, 0.717) is 6.54 Å². The van der Waals surface area contributed by atoms with E-state index >= 15 is 0 Å². The predicted molar refractivity (Wildman–Crippen MR) is 82.8 cm³/mol. The van der Waals surface area contributed by atoms with Gasteiger partial charge in [-0.1, -0.05) is 37.4 Å². The first-order valence-electron chi connectivity index (χ1n) is 6.87. The van der Waals surface area contributed by atoms with E-state index in [4.69, 9.17) is 23.2 Å². The summed E-state index contributed by atoms with van der Waals surface area (Å²) in [6, 6.07) is 5.04. The molecule has 1 aromatic carbocycles. The van der Waals surface area contributed by atoms with E-state index < -0.39 is 10.0 Å². The molecule has 0 N–H and O–H groups in total. The van der Waals surface area contributed by atoms with Crippen LogP contribution in [-0.2, 0) is 15.9 Å². The third kappa shape index (κ3) is 3.14. The Morgan fingerprint density at radius 3 is 2.50 bits per heavy atom. The van der Waals surface area contributed by atoms with Gasteiger partial charge in [0.1, 0.15) is 4.90 Å². The molecule has 0 atom stereocenters. The van der Waals surface area contributed by atoms with Crippen LogP contribution in [0.5, 0.6) is 0 Å². The standard InChI is InChI=1S/C14H19Cl2NO2S/c1-2-17(12-5-3-4-6-12)20(18,19)14-9-11(10-15)7-8-13(14)16/h7-9,12H,2-6,10H2,1H3. The van der Waals surface area contributed by atoms with Crippen molar-refractivity contribution in [2.45, 2.75) is 49.4 Å². The summed E-state index contributed by atoms with van der Waals surface area (Å²) in [6.07, 6.45) is 4.04. The second kappa shape index (κ2) is 6.65. The molecule has 0 aliphatic heterocycles. The Kier molecular flexibility index (Phi) is 5.35. The average molecular weight is 336 g/mol. The molecular weight excluding hydrogens is 317 g/mol. The average Bonchev–Trinajstić information content (AvgIpc) is 2.93. The fourth-order valence-corrected chi connectivity index (χ4v) is 5.16. The van der Waals surface area contributed by atoms with Crippen molar-refractivity contribution in [1.82, 2.24) is 4.31 Å². The monoisotopic (exact) mass is 335 g/mol. The van der Waals surface area contributed by atoms with Gasteiger partial charge in [-0.3, -0.25) is 0 Å². The lowest BCUT2D eigenvalue weighted by atomic mass is 10.2. The zero-order valence-electron chi connectivity index (χ0n) is 11.5. The number of halogens is 2. The molecule has 1 aliphatic carbocycles. The molecule has 0 amide bonds. The minimum Gasteiger partial charge on any atom is -0.207 e. The quantitative estimate of drug-likeness (QED) is 0.761. The second-order valence-corrected chi connectivity index (χ2v) is 7.58. The van der Waals surface area contributed by atoms with E-state index in [-0.39, 0.29) is 21.8 Å². The highest BCUT2D eigenvalue weighted by Crippen LogP contribution is 2.32. The third-order valence-corrected chi connectivity index (χ3v) is 6.60. The molecule has 1 aromatic rings. The summed E-state index contributed by atoms with van der Waals surface area (Å²) in [7, 11) is -3.56. The molecule has 1 saturated carbocycles. The fourth-order valence-electron chi connectivity index (χ4n) is 2.77. The molecule has 20 heavy (non-hydrogen) atoms. The highest BCUT2D eigenvalue weighted by Gasteiger charge is 2.33. The number of sulfonamides is 1. The van der Waals surface area contributed by atoms with E-state index in [1.807, 2.05) is 6.92 Å². The Morgan fingerprint density at radius 1 is 1.30 bits per heavy atom. The fraction of sp³-hybridized carbons (Fsp3) is 0.571. The van der Waals surface area contributed by atoms with E-state index in [1.165, 1.54) is 0 Å². The lowest BCUT2D eigenvalue weighted by Gasteiger charge is -2.27. The van der Waals surface area contributed by atoms with Gasteiger partial charge >= 0.3 is 0 Å². The van der Waals surface area contributed by atoms with Crippen LogP contribution < -0.4 is 0 Å². The van der Waals surface area contributed by atoms with Crippen LogP contribution in [0.1, 0.15) is 38.2 Å². The number of rotatable bonds is 5. The van der Waals surface area contributed by atoms with Crippen LogP contribution in [0.15, 0.2) is 23.1 Å². The maximum absolute atomic E-state index is 12.8. The van der Waals surface area contributed by atoms with E-state index in [0.717, 1.165) is 31.2 Å². The number of benzene rings is 1. The SMILES string of the molecule is CCN(C1CCCC1)S(=O)(=O)c1cc(CCl)ccc1Cl. The Balaban J connectivity index is 2.42. The van der Waals surface area contributed by atoms with Gasteiger partial charge in [0.25, 0.3) is 0 Å². The van der Waals surface area contributed by atoms with E-state index in [9.17, 15) is 8.42 Å². The van der Waals surface area contributed by atoms with Crippen molar-refractivity contribution in [3.05, 3.63) is 28.8 Å². The zero-order chi connectivity index (χ0) is 14.8. The zero-order valence-corrected chi connectivity index (χ0v) is 13.8. The van der Waals surface area contributed by atoms with Crippen LogP contribution in [0.2, 0.25) is 5.02 Å². The molecule has 0 aromatic heterocycles. The molecule has 1 aliphatic rings. The van der Waals surface area contributed by atoms with Crippen molar-refractivity contribution in [1.29, 1.82) is 0 Å². The van der Waals surface area contributed by atoms with Crippen molar-refractivity contribution >= 4 is 33.2 Å². The maximum atomic E-state index is 12.8. The number of alkyl halides is 1. The van der Waals surface area contributed by atoms with Crippen LogP contribution in [-0.4, -0.2) is 25.3 Å². The van der Waals surface area contributed by atoms with Gasteiger partial charge in [-0.25, -0.2) is 8.42 Å². The van der Waals surface area contributed by atoms with Gasteiger partial charge in [-0.2, -0.15) is 4.31 Å². The van der Waals surface area contributed by atoms with E-state index in [1.54, 1.807) is 22.5 Å². The molecule has 3 nitrogen and oxygen atoms in total. The lowest BCUT2D eigenvalue weighted by Crippen LogP contribution is -2.38. The molecule has 0 saturated heterocycles. The first-order chi connectivity index (χ1) is 9.50. The predicted octanol–water partition coefficient (Wildman–Crippen LogP) is 4.03. The lowest BCUT2D eigenvalue weighted by molar-refractivity contribution is 0.335. The molecular formula is C14H19Cl2NO2S. The molecule has 2 rings (SSSR count). The Bertz CT molecular complexity index is 569. The smallest absolute Gasteiger partial charge is 0.207 e. The van der Waals surface area contributed by atoms with Crippen molar-refractivity contribution in [2.24, 2.45) is 0 Å². The summed E-state index contributed by atoms with van der Waals surface area (Å²) in [5.41, 5.74) is 0.761. The van der Waals surface area contributed by atoms with Gasteiger partial charge < -0.3 is 0 Å². The van der Waals surface area contributed by atoms with Gasteiger partial charge in [-0.15, -0.1) is 11.6 Å². The Morgan fingerprint density at radius 2 is 1.95 bits per heavy atom. The van der Waals surface area contributed by atoms with Crippen LogP contribution in [0.4, 0.5) is 0 Å². The third-order valence-electron chi connectivity index (χ3n) is 3.78. The van der Waals surface area contributed by atoms with Crippen LogP contribution in [0.3, 0.4) is 0 Å². The van der Waals surface area contributed by atoms with Gasteiger partial charge in [-0.05, 0) is 30.5 Å². The normalized spacial score (nSPS) is 17.0. The van der Waals surface area contributed by atoms with Crippen molar-refractivity contribution < 1.29 is 8.42 Å². The first kappa shape index (κ1) is 16.1.